The lowest BCUT2D eigenvalue weighted by atomic mass is 10.0. The van der Waals surface area contributed by atoms with Crippen LogP contribution in [0.15, 0.2) is 12.1 Å². The van der Waals surface area contributed by atoms with Crippen LogP contribution in [0.5, 0.6) is 0 Å². The summed E-state index contributed by atoms with van der Waals surface area (Å²) in [5, 5.41) is 2.16. The van der Waals surface area contributed by atoms with Gasteiger partial charge in [-0.15, -0.1) is 0 Å². The standard InChI is InChI=1S/C16H16F3N3O3/c1-21(2)12-6-8(16(17,18)19)5-9-10(12)7-22(15(9)25)11-3-4-13(23)20-14(11)24/h5-6,11H,3-4,7H2,1-2H3,(H,20,23,24). The Morgan fingerprint density at radius 1 is 1.20 bits per heavy atom. The summed E-state index contributed by atoms with van der Waals surface area (Å²) in [6.07, 6.45) is -4.33. The summed E-state index contributed by atoms with van der Waals surface area (Å²) < 4.78 is 39.4. The van der Waals surface area contributed by atoms with Crippen LogP contribution in [0.4, 0.5) is 18.9 Å². The quantitative estimate of drug-likeness (QED) is 0.817. The van der Waals surface area contributed by atoms with Crippen LogP contribution >= 0.6 is 0 Å². The Kier molecular flexibility index (Phi) is 3.97. The molecule has 1 saturated heterocycles. The van der Waals surface area contributed by atoms with Gasteiger partial charge in [-0.05, 0) is 18.6 Å². The Bertz CT molecular complexity index is 774. The maximum atomic E-state index is 13.1. The van der Waals surface area contributed by atoms with Crippen molar-refractivity contribution in [2.24, 2.45) is 0 Å². The number of alkyl halides is 3. The zero-order valence-electron chi connectivity index (χ0n) is 13.6. The van der Waals surface area contributed by atoms with Crippen molar-refractivity contribution in [1.29, 1.82) is 0 Å². The van der Waals surface area contributed by atoms with Crippen LogP contribution in [-0.4, -0.2) is 42.8 Å². The van der Waals surface area contributed by atoms with Gasteiger partial charge in [0.05, 0.1) is 5.56 Å². The Balaban J connectivity index is 2.02. The van der Waals surface area contributed by atoms with Crippen molar-refractivity contribution in [3.8, 4) is 0 Å². The molecule has 0 aromatic heterocycles. The van der Waals surface area contributed by atoms with E-state index in [1.807, 2.05) is 0 Å². The van der Waals surface area contributed by atoms with Crippen molar-refractivity contribution in [3.05, 3.63) is 28.8 Å². The molecule has 0 radical (unpaired) electrons. The average Bonchev–Trinajstić information content (AvgIpc) is 2.82. The predicted octanol–water partition coefficient (Wildman–Crippen LogP) is 1.53. The summed E-state index contributed by atoms with van der Waals surface area (Å²) in [5.74, 6) is -1.64. The number of carbonyl (C=O) groups is 3. The Morgan fingerprint density at radius 2 is 1.88 bits per heavy atom. The van der Waals surface area contributed by atoms with E-state index in [1.165, 1.54) is 9.80 Å². The number of rotatable bonds is 2. The summed E-state index contributed by atoms with van der Waals surface area (Å²) in [5.41, 5.74) is -0.225. The van der Waals surface area contributed by atoms with Crippen LogP contribution in [0, 0.1) is 0 Å². The van der Waals surface area contributed by atoms with E-state index < -0.39 is 35.5 Å². The van der Waals surface area contributed by atoms with Crippen molar-refractivity contribution in [1.82, 2.24) is 10.2 Å². The molecule has 1 aromatic carbocycles. The minimum atomic E-state index is -4.58. The van der Waals surface area contributed by atoms with Crippen LogP contribution in [0.25, 0.3) is 0 Å². The van der Waals surface area contributed by atoms with E-state index in [9.17, 15) is 27.6 Å². The third-order valence-electron chi connectivity index (χ3n) is 4.44. The summed E-state index contributed by atoms with van der Waals surface area (Å²) >= 11 is 0. The van der Waals surface area contributed by atoms with Gasteiger partial charge in [-0.1, -0.05) is 0 Å². The van der Waals surface area contributed by atoms with Gasteiger partial charge in [0.25, 0.3) is 5.91 Å². The molecule has 1 aromatic rings. The van der Waals surface area contributed by atoms with Crippen molar-refractivity contribution in [2.75, 3.05) is 19.0 Å². The van der Waals surface area contributed by atoms with Gasteiger partial charge in [-0.25, -0.2) is 0 Å². The molecule has 2 heterocycles. The molecular weight excluding hydrogens is 339 g/mol. The number of hydrogen-bond donors (Lipinski definition) is 1. The van der Waals surface area contributed by atoms with Gasteiger partial charge < -0.3 is 9.80 Å². The lowest BCUT2D eigenvalue weighted by Crippen LogP contribution is -2.52. The van der Waals surface area contributed by atoms with Crippen molar-refractivity contribution < 1.29 is 27.6 Å². The van der Waals surface area contributed by atoms with Crippen molar-refractivity contribution in [3.63, 3.8) is 0 Å². The molecule has 9 heteroatoms. The molecule has 3 rings (SSSR count). The number of nitrogens with zero attached hydrogens (tertiary/aromatic N) is 2. The average molecular weight is 355 g/mol. The number of benzene rings is 1. The second-order valence-corrected chi connectivity index (χ2v) is 6.31. The van der Waals surface area contributed by atoms with Crippen LogP contribution in [0.1, 0.15) is 34.3 Å². The normalized spacial score (nSPS) is 20.6. The fourth-order valence-corrected chi connectivity index (χ4v) is 3.20. The molecule has 3 amide bonds. The Morgan fingerprint density at radius 3 is 2.44 bits per heavy atom. The first kappa shape index (κ1) is 17.2. The molecule has 0 saturated carbocycles. The molecule has 1 unspecified atom stereocenters. The van der Waals surface area contributed by atoms with Crippen LogP contribution < -0.4 is 10.2 Å². The second-order valence-electron chi connectivity index (χ2n) is 6.31. The first-order chi connectivity index (χ1) is 11.6. The van der Waals surface area contributed by atoms with Gasteiger partial charge in [0, 0.05) is 43.9 Å². The molecule has 134 valence electrons. The van der Waals surface area contributed by atoms with E-state index in [2.05, 4.69) is 5.32 Å². The van der Waals surface area contributed by atoms with Crippen LogP contribution in [0.3, 0.4) is 0 Å². The van der Waals surface area contributed by atoms with E-state index >= 15 is 0 Å². The molecule has 1 N–H and O–H groups in total. The number of hydrogen-bond acceptors (Lipinski definition) is 4. The molecule has 2 aliphatic rings. The minimum Gasteiger partial charge on any atom is -0.377 e. The van der Waals surface area contributed by atoms with Gasteiger partial charge in [0.2, 0.25) is 11.8 Å². The Labute approximate surface area is 141 Å². The van der Waals surface area contributed by atoms with Crippen LogP contribution in [-0.2, 0) is 22.3 Å². The lowest BCUT2D eigenvalue weighted by molar-refractivity contribution is -0.138. The number of imide groups is 1. The molecule has 6 nitrogen and oxygen atoms in total. The van der Waals surface area contributed by atoms with Gasteiger partial charge in [-0.2, -0.15) is 13.2 Å². The maximum absolute atomic E-state index is 13.1. The number of anilines is 1. The van der Waals surface area contributed by atoms with Gasteiger partial charge in [-0.3, -0.25) is 19.7 Å². The van der Waals surface area contributed by atoms with E-state index in [1.54, 1.807) is 14.1 Å². The third-order valence-corrected chi connectivity index (χ3v) is 4.44. The van der Waals surface area contributed by atoms with Crippen molar-refractivity contribution >= 4 is 23.4 Å². The Hall–Kier alpha value is -2.58. The zero-order chi connectivity index (χ0) is 18.5. The first-order valence-corrected chi connectivity index (χ1v) is 7.65. The van der Waals surface area contributed by atoms with Gasteiger partial charge in [0.1, 0.15) is 6.04 Å². The monoisotopic (exact) mass is 355 g/mol. The fourth-order valence-electron chi connectivity index (χ4n) is 3.20. The number of amides is 3. The van der Waals surface area contributed by atoms with Crippen molar-refractivity contribution in [2.45, 2.75) is 31.6 Å². The van der Waals surface area contributed by atoms with Crippen LogP contribution in [0.2, 0.25) is 0 Å². The van der Waals surface area contributed by atoms with E-state index in [4.69, 9.17) is 0 Å². The largest absolute Gasteiger partial charge is 0.416 e. The highest BCUT2D eigenvalue weighted by Crippen LogP contribution is 2.39. The molecule has 2 aliphatic heterocycles. The number of fused-ring (bicyclic) bond motifs is 1. The molecule has 25 heavy (non-hydrogen) atoms. The number of halogens is 3. The molecule has 0 aliphatic carbocycles. The lowest BCUT2D eigenvalue weighted by Gasteiger charge is -2.29. The highest BCUT2D eigenvalue weighted by Gasteiger charge is 2.42. The molecule has 0 spiro atoms. The number of piperidine rings is 1. The zero-order valence-corrected chi connectivity index (χ0v) is 13.6. The van der Waals surface area contributed by atoms with Gasteiger partial charge in [0.15, 0.2) is 0 Å². The van der Waals surface area contributed by atoms with E-state index in [0.717, 1.165) is 12.1 Å². The topological polar surface area (TPSA) is 69.7 Å². The smallest absolute Gasteiger partial charge is 0.377 e. The first-order valence-electron chi connectivity index (χ1n) is 7.65. The fraction of sp³-hybridized carbons (Fsp3) is 0.438. The van der Waals surface area contributed by atoms with Gasteiger partial charge >= 0.3 is 6.18 Å². The highest BCUT2D eigenvalue weighted by molar-refractivity contribution is 6.06. The summed E-state index contributed by atoms with van der Waals surface area (Å²) in [6.45, 7) is 0.0338. The molecule has 0 bridgehead atoms. The summed E-state index contributed by atoms with van der Waals surface area (Å²) in [6, 6.07) is 0.971. The summed E-state index contributed by atoms with van der Waals surface area (Å²) in [4.78, 5) is 38.7. The molecular formula is C16H16F3N3O3. The summed E-state index contributed by atoms with van der Waals surface area (Å²) in [7, 11) is 3.18. The van der Waals surface area contributed by atoms with E-state index in [0.29, 0.717) is 5.56 Å². The third kappa shape index (κ3) is 2.94. The van der Waals surface area contributed by atoms with E-state index in [-0.39, 0.29) is 30.6 Å². The SMILES string of the molecule is CN(C)c1cc(C(F)(F)F)cc2c1CN(C1CCC(=O)NC1=O)C2=O. The highest BCUT2D eigenvalue weighted by atomic mass is 19.4. The predicted molar refractivity (Wildman–Crippen MR) is 81.8 cm³/mol. The maximum Gasteiger partial charge on any atom is 0.416 e. The molecule has 1 fully saturated rings. The second kappa shape index (κ2) is 5.75. The minimum absolute atomic E-state index is 0.0338. The number of carbonyl (C=O) groups excluding carboxylic acids is 3. The number of nitrogens with one attached hydrogen (secondary N) is 1. The molecule has 1 atom stereocenters.